The van der Waals surface area contributed by atoms with E-state index in [-0.39, 0.29) is 5.91 Å². The third kappa shape index (κ3) is 4.43. The molecule has 0 atom stereocenters. The maximum Gasteiger partial charge on any atom is 0.253 e. The number of amides is 1. The summed E-state index contributed by atoms with van der Waals surface area (Å²) in [5, 5.41) is 0. The van der Waals surface area contributed by atoms with Crippen LogP contribution in [0.4, 0.5) is 0 Å². The van der Waals surface area contributed by atoms with Gasteiger partial charge in [-0.2, -0.15) is 0 Å². The lowest BCUT2D eigenvalue weighted by Crippen LogP contribution is -2.21. The highest BCUT2D eigenvalue weighted by Crippen LogP contribution is 2.22. The molecule has 1 amide bonds. The van der Waals surface area contributed by atoms with E-state index >= 15 is 0 Å². The van der Waals surface area contributed by atoms with Crippen LogP contribution in [0.2, 0.25) is 0 Å². The zero-order valence-electron chi connectivity index (χ0n) is 14.1. The molecule has 0 aromatic heterocycles. The molecule has 0 saturated carbocycles. The fraction of sp³-hybridized carbons (Fsp3) is 0.263. The molecule has 24 heavy (non-hydrogen) atoms. The molecule has 0 radical (unpaired) electrons. The van der Waals surface area contributed by atoms with Crippen LogP contribution in [0.3, 0.4) is 0 Å². The molecule has 0 spiro atoms. The van der Waals surface area contributed by atoms with Crippen molar-refractivity contribution in [2.45, 2.75) is 13.2 Å². The number of rotatable bonds is 7. The van der Waals surface area contributed by atoms with Gasteiger partial charge in [-0.3, -0.25) is 9.59 Å². The molecule has 0 aliphatic rings. The van der Waals surface area contributed by atoms with Gasteiger partial charge in [0.05, 0.1) is 6.61 Å². The first-order chi connectivity index (χ1) is 11.5. The summed E-state index contributed by atoms with van der Waals surface area (Å²) in [4.78, 5) is 24.3. The van der Waals surface area contributed by atoms with Crippen molar-refractivity contribution in [3.63, 3.8) is 0 Å². The van der Waals surface area contributed by atoms with Gasteiger partial charge < -0.3 is 14.4 Å². The van der Waals surface area contributed by atoms with Gasteiger partial charge in [-0.25, -0.2) is 0 Å². The summed E-state index contributed by atoms with van der Waals surface area (Å²) in [7, 11) is 5.04. The van der Waals surface area contributed by atoms with Gasteiger partial charge >= 0.3 is 0 Å². The number of methoxy groups -OCH3 is 1. The van der Waals surface area contributed by atoms with Crippen molar-refractivity contribution in [3.05, 3.63) is 64.7 Å². The second-order valence-electron chi connectivity index (χ2n) is 5.60. The third-order valence-electron chi connectivity index (χ3n) is 3.52. The molecule has 0 heterocycles. The molecule has 0 aliphatic carbocycles. The van der Waals surface area contributed by atoms with Crippen LogP contribution >= 0.6 is 0 Å². The second kappa shape index (κ2) is 8.26. The van der Waals surface area contributed by atoms with Crippen molar-refractivity contribution in [2.75, 3.05) is 21.2 Å². The summed E-state index contributed by atoms with van der Waals surface area (Å²) in [5.74, 6) is 0.644. The molecule has 0 fully saturated rings. The predicted molar refractivity (Wildman–Crippen MR) is 91.3 cm³/mol. The summed E-state index contributed by atoms with van der Waals surface area (Å²) in [6, 6.07) is 12.5. The van der Waals surface area contributed by atoms with E-state index in [0.717, 1.165) is 17.4 Å². The minimum Gasteiger partial charge on any atom is -0.489 e. The van der Waals surface area contributed by atoms with Crippen molar-refractivity contribution in [1.82, 2.24) is 4.90 Å². The summed E-state index contributed by atoms with van der Waals surface area (Å²) in [6.45, 7) is 0.737. The second-order valence-corrected chi connectivity index (χ2v) is 5.60. The largest absolute Gasteiger partial charge is 0.489 e. The molecule has 2 rings (SSSR count). The predicted octanol–water partition coefficient (Wildman–Crippen LogP) is 2.93. The number of nitrogens with zero attached hydrogens (tertiary/aromatic N) is 1. The van der Waals surface area contributed by atoms with Crippen molar-refractivity contribution < 1.29 is 19.1 Å². The van der Waals surface area contributed by atoms with Crippen LogP contribution in [0.1, 0.15) is 31.8 Å². The van der Waals surface area contributed by atoms with E-state index in [1.165, 1.54) is 4.90 Å². The first-order valence-corrected chi connectivity index (χ1v) is 7.55. The molecule has 126 valence electrons. The van der Waals surface area contributed by atoms with Gasteiger partial charge in [0.1, 0.15) is 18.6 Å². The first-order valence-electron chi connectivity index (χ1n) is 7.55. The van der Waals surface area contributed by atoms with E-state index in [4.69, 9.17) is 9.47 Å². The number of carbonyl (C=O) groups is 2. The molecule has 0 unspecified atom stereocenters. The first kappa shape index (κ1) is 17.7. The van der Waals surface area contributed by atoms with Crippen LogP contribution in [0.25, 0.3) is 0 Å². The fourth-order valence-electron chi connectivity index (χ4n) is 2.24. The molecule has 5 nitrogen and oxygen atoms in total. The molecule has 5 heteroatoms. The summed E-state index contributed by atoms with van der Waals surface area (Å²) >= 11 is 0. The summed E-state index contributed by atoms with van der Waals surface area (Å²) < 4.78 is 11.0. The average Bonchev–Trinajstić information content (AvgIpc) is 2.60. The maximum atomic E-state index is 11.9. The topological polar surface area (TPSA) is 55.8 Å². The van der Waals surface area contributed by atoms with E-state index in [2.05, 4.69) is 0 Å². The van der Waals surface area contributed by atoms with Crippen molar-refractivity contribution in [2.24, 2.45) is 0 Å². The van der Waals surface area contributed by atoms with Gasteiger partial charge in [-0.15, -0.1) is 0 Å². The minimum atomic E-state index is -0.0331. The Hall–Kier alpha value is -2.66. The number of benzene rings is 2. The van der Waals surface area contributed by atoms with Crippen LogP contribution in [0.5, 0.6) is 5.75 Å². The Morgan fingerprint density at radius 2 is 1.79 bits per heavy atom. The normalized spacial score (nSPS) is 10.3. The lowest BCUT2D eigenvalue weighted by Gasteiger charge is -2.13. The molecule has 0 saturated heterocycles. The van der Waals surface area contributed by atoms with E-state index in [0.29, 0.717) is 30.1 Å². The van der Waals surface area contributed by atoms with Crippen LogP contribution in [-0.2, 0) is 18.0 Å². The molecule has 0 N–H and O–H groups in total. The highest BCUT2D eigenvalue weighted by Gasteiger charge is 2.08. The highest BCUT2D eigenvalue weighted by atomic mass is 16.5. The van der Waals surface area contributed by atoms with Gasteiger partial charge in [-0.1, -0.05) is 12.1 Å². The Kier molecular flexibility index (Phi) is 6.09. The molecule has 2 aromatic rings. The summed E-state index contributed by atoms with van der Waals surface area (Å²) in [5.41, 5.74) is 3.00. The van der Waals surface area contributed by atoms with E-state index < -0.39 is 0 Å². The molecule has 2 aromatic carbocycles. The maximum absolute atomic E-state index is 11.9. The van der Waals surface area contributed by atoms with Crippen LogP contribution in [0.15, 0.2) is 42.5 Å². The number of hydrogen-bond donors (Lipinski definition) is 0. The van der Waals surface area contributed by atoms with Gasteiger partial charge in [0.15, 0.2) is 0 Å². The van der Waals surface area contributed by atoms with E-state index in [1.807, 2.05) is 12.1 Å². The van der Waals surface area contributed by atoms with E-state index in [1.54, 1.807) is 51.5 Å². The van der Waals surface area contributed by atoms with Crippen LogP contribution < -0.4 is 4.74 Å². The van der Waals surface area contributed by atoms with Crippen LogP contribution in [-0.4, -0.2) is 38.3 Å². The Balaban J connectivity index is 2.08. The van der Waals surface area contributed by atoms with Gasteiger partial charge in [0, 0.05) is 37.9 Å². The van der Waals surface area contributed by atoms with Crippen molar-refractivity contribution in [1.29, 1.82) is 0 Å². The Bertz CT molecular complexity index is 708. The SMILES string of the molecule is COCc1cc(C=O)ccc1OCc1ccc(C(=O)N(C)C)cc1. The molecular weight excluding hydrogens is 306 g/mol. The zero-order valence-corrected chi connectivity index (χ0v) is 14.1. The lowest BCUT2D eigenvalue weighted by molar-refractivity contribution is 0.0827. The van der Waals surface area contributed by atoms with Crippen molar-refractivity contribution >= 4 is 12.2 Å². The average molecular weight is 327 g/mol. The number of hydrogen-bond acceptors (Lipinski definition) is 4. The Morgan fingerprint density at radius 3 is 2.38 bits per heavy atom. The highest BCUT2D eigenvalue weighted by molar-refractivity contribution is 5.93. The Morgan fingerprint density at radius 1 is 1.08 bits per heavy atom. The quantitative estimate of drug-likeness (QED) is 0.734. The Labute approximate surface area is 141 Å². The smallest absolute Gasteiger partial charge is 0.253 e. The van der Waals surface area contributed by atoms with Gasteiger partial charge in [0.2, 0.25) is 0 Å². The van der Waals surface area contributed by atoms with Gasteiger partial charge in [-0.05, 0) is 35.9 Å². The molecular formula is C19H21NO4. The number of aldehydes is 1. The minimum absolute atomic E-state index is 0.0331. The lowest BCUT2D eigenvalue weighted by atomic mass is 10.1. The third-order valence-corrected chi connectivity index (χ3v) is 3.52. The van der Waals surface area contributed by atoms with Crippen molar-refractivity contribution in [3.8, 4) is 5.75 Å². The number of ether oxygens (including phenoxy) is 2. The van der Waals surface area contributed by atoms with Gasteiger partial charge in [0.25, 0.3) is 5.91 Å². The standard InChI is InChI=1S/C19H21NO4/c1-20(2)19(22)16-7-4-14(5-8-16)12-24-18-9-6-15(11-21)10-17(18)13-23-3/h4-11H,12-13H2,1-3H3. The zero-order chi connectivity index (χ0) is 17.5. The van der Waals surface area contributed by atoms with Crippen LogP contribution in [0, 0.1) is 0 Å². The number of carbonyl (C=O) groups excluding carboxylic acids is 2. The monoisotopic (exact) mass is 327 g/mol. The fourth-order valence-corrected chi connectivity index (χ4v) is 2.24. The van der Waals surface area contributed by atoms with E-state index in [9.17, 15) is 9.59 Å². The molecule has 0 aliphatic heterocycles. The molecule has 0 bridgehead atoms. The summed E-state index contributed by atoms with van der Waals surface area (Å²) in [6.07, 6.45) is 0.795.